The zero-order valence-electron chi connectivity index (χ0n) is 11.1. The SMILES string of the molecule is O=C(O)[C@@H]1CCCN1P1(=S)[C@@H](C(=O)O)N1c1ccccc1. The van der Waals surface area contributed by atoms with Crippen LogP contribution in [0.2, 0.25) is 0 Å². The monoisotopic (exact) mass is 326 g/mol. The largest absolute Gasteiger partial charge is 0.480 e. The highest BCUT2D eigenvalue weighted by Crippen LogP contribution is 2.77. The number of para-hydroxylation sites is 1. The molecule has 0 bridgehead atoms. The lowest BCUT2D eigenvalue weighted by molar-refractivity contribution is -0.141. The van der Waals surface area contributed by atoms with Crippen LogP contribution in [0.15, 0.2) is 30.3 Å². The second-order valence-electron chi connectivity index (χ2n) is 5.14. The Morgan fingerprint density at radius 3 is 2.43 bits per heavy atom. The van der Waals surface area contributed by atoms with Gasteiger partial charge in [-0.25, -0.2) is 9.46 Å². The van der Waals surface area contributed by atoms with Gasteiger partial charge in [0, 0.05) is 12.2 Å². The molecule has 3 rings (SSSR count). The molecule has 0 aliphatic carbocycles. The van der Waals surface area contributed by atoms with Crippen LogP contribution in [0.3, 0.4) is 0 Å². The summed E-state index contributed by atoms with van der Waals surface area (Å²) in [6, 6.07) is 8.47. The van der Waals surface area contributed by atoms with Gasteiger partial charge in [-0.2, -0.15) is 0 Å². The highest BCUT2D eigenvalue weighted by atomic mass is 32.4. The Labute approximate surface area is 127 Å². The van der Waals surface area contributed by atoms with Crippen LogP contribution in [0.25, 0.3) is 0 Å². The number of carboxylic acids is 2. The standard InChI is InChI=1S/C13H15N2O4PS/c16-12(17)10-7-4-8-14(10)20(21)11(13(18)19)15(20)9-5-2-1-3-6-9/h1-3,5-6,10-11H,4,7-8H2,(H,16,17)(H,18,19)/t10-,11-,15?,20?/m0/s1. The van der Waals surface area contributed by atoms with Crippen LogP contribution >= 0.6 is 6.34 Å². The highest BCUT2D eigenvalue weighted by molar-refractivity contribution is 8.19. The van der Waals surface area contributed by atoms with Crippen molar-refractivity contribution in [1.82, 2.24) is 4.67 Å². The molecule has 112 valence electrons. The summed E-state index contributed by atoms with van der Waals surface area (Å²) >= 11 is 5.67. The quantitative estimate of drug-likeness (QED) is 0.645. The molecule has 1 aromatic rings. The molecule has 21 heavy (non-hydrogen) atoms. The number of carbonyl (C=O) groups is 2. The van der Waals surface area contributed by atoms with Crippen LogP contribution in [0, 0.1) is 0 Å². The maximum Gasteiger partial charge on any atom is 0.335 e. The smallest absolute Gasteiger partial charge is 0.335 e. The van der Waals surface area contributed by atoms with Gasteiger partial charge in [0.05, 0.1) is 0 Å². The lowest BCUT2D eigenvalue weighted by atomic mass is 10.2. The third-order valence-corrected chi connectivity index (χ3v) is 8.83. The van der Waals surface area contributed by atoms with Crippen molar-refractivity contribution in [2.45, 2.75) is 24.7 Å². The maximum absolute atomic E-state index is 11.5. The fraction of sp³-hybridized carbons (Fsp3) is 0.385. The summed E-state index contributed by atoms with van der Waals surface area (Å²) in [5, 5.41) is 18.8. The Kier molecular flexibility index (Phi) is 3.51. The van der Waals surface area contributed by atoms with Crippen LogP contribution in [-0.2, 0) is 21.4 Å². The first-order chi connectivity index (χ1) is 9.98. The minimum absolute atomic E-state index is 0.530. The average Bonchev–Trinajstić information content (AvgIpc) is 2.85. The fourth-order valence-corrected chi connectivity index (χ4v) is 8.06. The number of hydrogen-bond donors (Lipinski definition) is 2. The predicted octanol–water partition coefficient (Wildman–Crippen LogP) is 1.78. The molecule has 1 unspecified atom stereocenters. The normalized spacial score (nSPS) is 32.1. The van der Waals surface area contributed by atoms with Crippen molar-refractivity contribution < 1.29 is 19.8 Å². The van der Waals surface area contributed by atoms with E-state index < -0.39 is 30.1 Å². The van der Waals surface area contributed by atoms with Gasteiger partial charge in [-0.3, -0.25) is 4.79 Å². The summed E-state index contributed by atoms with van der Waals surface area (Å²) in [7, 11) is 0. The molecule has 2 saturated heterocycles. The zero-order valence-corrected chi connectivity index (χ0v) is 12.8. The molecule has 8 heteroatoms. The van der Waals surface area contributed by atoms with E-state index in [0.29, 0.717) is 13.0 Å². The van der Waals surface area contributed by atoms with E-state index in [9.17, 15) is 19.8 Å². The first-order valence-electron chi connectivity index (χ1n) is 6.65. The van der Waals surface area contributed by atoms with Crippen LogP contribution in [0.4, 0.5) is 5.69 Å². The molecular weight excluding hydrogens is 311 g/mol. The van der Waals surface area contributed by atoms with Crippen molar-refractivity contribution >= 4 is 35.8 Å². The fourth-order valence-electron chi connectivity index (χ4n) is 2.98. The van der Waals surface area contributed by atoms with Crippen molar-refractivity contribution in [3.63, 3.8) is 0 Å². The van der Waals surface area contributed by atoms with Crippen molar-refractivity contribution in [2.75, 3.05) is 11.2 Å². The van der Waals surface area contributed by atoms with Gasteiger partial charge in [-0.05, 0) is 25.0 Å². The molecule has 3 atom stereocenters. The Hall–Kier alpha value is -1.43. The molecule has 1 aromatic carbocycles. The molecule has 2 heterocycles. The summed E-state index contributed by atoms with van der Waals surface area (Å²) < 4.78 is 3.46. The van der Waals surface area contributed by atoms with E-state index in [4.69, 9.17) is 11.8 Å². The molecule has 2 fully saturated rings. The summed E-state index contributed by atoms with van der Waals surface area (Å²) in [4.78, 5) is 22.9. The molecule has 0 aromatic heterocycles. The number of hydrogen-bond acceptors (Lipinski definition) is 3. The number of nitrogens with zero attached hydrogens (tertiary/aromatic N) is 2. The zero-order chi connectivity index (χ0) is 15.2. The minimum atomic E-state index is -2.55. The molecule has 0 saturated carbocycles. The lowest BCUT2D eigenvalue weighted by Gasteiger charge is -2.23. The Morgan fingerprint density at radius 1 is 1.19 bits per heavy atom. The van der Waals surface area contributed by atoms with Crippen LogP contribution in [0.5, 0.6) is 0 Å². The third kappa shape index (κ3) is 2.16. The van der Waals surface area contributed by atoms with Gasteiger partial charge in [-0.1, -0.05) is 30.0 Å². The predicted molar refractivity (Wildman–Crippen MR) is 82.0 cm³/mol. The summed E-state index contributed by atoms with van der Waals surface area (Å²) in [5.74, 6) is -2.67. The van der Waals surface area contributed by atoms with E-state index in [0.717, 1.165) is 12.1 Å². The van der Waals surface area contributed by atoms with Gasteiger partial charge >= 0.3 is 11.9 Å². The first-order valence-corrected chi connectivity index (χ1v) is 9.43. The van der Waals surface area contributed by atoms with Gasteiger partial charge in [0.15, 0.2) is 5.78 Å². The second kappa shape index (κ2) is 5.09. The number of carboxylic acid groups (broad SMARTS) is 2. The van der Waals surface area contributed by atoms with Crippen LogP contribution in [0.1, 0.15) is 12.8 Å². The van der Waals surface area contributed by atoms with E-state index in [-0.39, 0.29) is 0 Å². The molecular formula is C13H15N2O4PS. The molecule has 2 aliphatic heterocycles. The first kappa shape index (κ1) is 14.5. The number of rotatable bonds is 4. The topological polar surface area (TPSA) is 80.9 Å². The number of benzene rings is 1. The molecule has 2 aliphatic rings. The van der Waals surface area contributed by atoms with Crippen molar-refractivity contribution in [1.29, 1.82) is 0 Å². The second-order valence-corrected chi connectivity index (χ2v) is 9.36. The van der Waals surface area contributed by atoms with E-state index in [1.807, 2.05) is 30.3 Å². The highest BCUT2D eigenvalue weighted by Gasteiger charge is 2.65. The molecule has 0 spiro atoms. The Morgan fingerprint density at radius 2 is 1.86 bits per heavy atom. The van der Waals surface area contributed by atoms with E-state index in [1.165, 1.54) is 0 Å². The lowest BCUT2D eigenvalue weighted by Crippen LogP contribution is -2.32. The van der Waals surface area contributed by atoms with Gasteiger partial charge in [0.25, 0.3) is 0 Å². The van der Waals surface area contributed by atoms with Gasteiger partial charge in [0.2, 0.25) is 0 Å². The average molecular weight is 326 g/mol. The molecule has 0 radical (unpaired) electrons. The van der Waals surface area contributed by atoms with Crippen molar-refractivity contribution in [3.05, 3.63) is 30.3 Å². The van der Waals surface area contributed by atoms with Gasteiger partial charge < -0.3 is 14.9 Å². The molecule has 0 amide bonds. The molecule has 6 nitrogen and oxygen atoms in total. The maximum atomic E-state index is 11.5. The van der Waals surface area contributed by atoms with Crippen molar-refractivity contribution in [3.8, 4) is 0 Å². The Bertz CT molecular complexity index is 638. The summed E-state index contributed by atoms with van der Waals surface area (Å²) in [6.45, 7) is 0.557. The van der Waals surface area contributed by atoms with E-state index in [2.05, 4.69) is 0 Å². The number of anilines is 1. The van der Waals surface area contributed by atoms with E-state index >= 15 is 0 Å². The minimum Gasteiger partial charge on any atom is -0.480 e. The van der Waals surface area contributed by atoms with Gasteiger partial charge in [-0.15, -0.1) is 0 Å². The van der Waals surface area contributed by atoms with E-state index in [1.54, 1.807) is 9.34 Å². The molecule has 2 N–H and O–H groups in total. The van der Waals surface area contributed by atoms with Crippen molar-refractivity contribution in [2.24, 2.45) is 0 Å². The third-order valence-electron chi connectivity index (χ3n) is 3.92. The van der Waals surface area contributed by atoms with Crippen LogP contribution < -0.4 is 4.67 Å². The van der Waals surface area contributed by atoms with Gasteiger partial charge in [0.1, 0.15) is 12.4 Å². The van der Waals surface area contributed by atoms with Crippen LogP contribution in [-0.4, -0.2) is 45.2 Å². The Balaban J connectivity index is 1.97. The summed E-state index contributed by atoms with van der Waals surface area (Å²) in [6.07, 6.45) is -1.28. The number of aliphatic carboxylic acids is 2. The summed E-state index contributed by atoms with van der Waals surface area (Å²) in [5.41, 5.74) is 0.754.